The van der Waals surface area contributed by atoms with Crippen molar-refractivity contribution < 1.29 is 5.11 Å². The van der Waals surface area contributed by atoms with E-state index in [2.05, 4.69) is 13.5 Å². The van der Waals surface area contributed by atoms with Gasteiger partial charge >= 0.3 is 0 Å². The molecule has 74 valence electrons. The molecular formula is C11H19NO. The van der Waals surface area contributed by atoms with Crippen molar-refractivity contribution in [1.29, 1.82) is 0 Å². The Morgan fingerprint density at radius 2 is 1.92 bits per heavy atom. The molecule has 0 radical (unpaired) electrons. The first-order valence-corrected chi connectivity index (χ1v) is 5.33. The van der Waals surface area contributed by atoms with Crippen LogP contribution in [0.2, 0.25) is 0 Å². The minimum Gasteiger partial charge on any atom is -0.373 e. The maximum atomic E-state index is 10.0. The molecule has 1 saturated heterocycles. The summed E-state index contributed by atoms with van der Waals surface area (Å²) in [4.78, 5) is 2.03. The number of hydrogen-bond donors (Lipinski definition) is 1. The molecule has 2 rings (SSSR count). The second kappa shape index (κ2) is 3.33. The third kappa shape index (κ3) is 1.28. The van der Waals surface area contributed by atoms with Crippen molar-refractivity contribution in [1.82, 2.24) is 4.90 Å². The molecule has 2 heteroatoms. The van der Waals surface area contributed by atoms with Crippen molar-refractivity contribution in [3.8, 4) is 0 Å². The van der Waals surface area contributed by atoms with Crippen LogP contribution in [0.25, 0.3) is 0 Å². The highest BCUT2D eigenvalue weighted by molar-refractivity contribution is 4.98. The van der Waals surface area contributed by atoms with E-state index in [1.165, 1.54) is 25.7 Å². The molecule has 13 heavy (non-hydrogen) atoms. The smallest absolute Gasteiger partial charge is 0.129 e. The number of fused-ring (bicyclic) bond motifs is 1. The Balaban J connectivity index is 2.17. The number of aliphatic hydroxyl groups is 1. The predicted molar refractivity (Wildman–Crippen MR) is 53.0 cm³/mol. The molecule has 0 spiro atoms. The molecule has 1 saturated carbocycles. The summed E-state index contributed by atoms with van der Waals surface area (Å²) < 4.78 is 0. The lowest BCUT2D eigenvalue weighted by atomic mass is 9.78. The predicted octanol–water partition coefficient (Wildman–Crippen LogP) is 1.96. The molecule has 2 fully saturated rings. The number of rotatable bonds is 1. The summed E-state index contributed by atoms with van der Waals surface area (Å²) in [6.45, 7) is 5.98. The zero-order chi connectivity index (χ0) is 9.42. The van der Waals surface area contributed by atoms with E-state index in [-0.39, 0.29) is 6.23 Å². The lowest BCUT2D eigenvalue weighted by molar-refractivity contribution is 0.0190. The number of likely N-dealkylation sites (tertiary alicyclic amines) is 1. The fourth-order valence-electron chi connectivity index (χ4n) is 3.11. The monoisotopic (exact) mass is 181 g/mol. The SMILES string of the molecule is C=CN1C(C)C2CCCCC2C1O. The summed E-state index contributed by atoms with van der Waals surface area (Å²) in [5.41, 5.74) is 0. The van der Waals surface area contributed by atoms with Gasteiger partial charge in [0.2, 0.25) is 0 Å². The van der Waals surface area contributed by atoms with E-state index in [0.717, 1.165) is 0 Å². The highest BCUT2D eigenvalue weighted by Crippen LogP contribution is 2.43. The van der Waals surface area contributed by atoms with Crippen LogP contribution in [0.5, 0.6) is 0 Å². The molecule has 2 aliphatic rings. The fourth-order valence-corrected chi connectivity index (χ4v) is 3.11. The molecule has 0 aromatic rings. The Hall–Kier alpha value is -0.500. The van der Waals surface area contributed by atoms with Crippen molar-refractivity contribution in [2.75, 3.05) is 0 Å². The standard InChI is InChI=1S/C11H19NO/c1-3-12-8(2)9-6-4-5-7-10(9)11(12)13/h3,8-11,13H,1,4-7H2,2H3. The first kappa shape index (κ1) is 9.07. The molecule has 4 unspecified atom stereocenters. The highest BCUT2D eigenvalue weighted by atomic mass is 16.3. The van der Waals surface area contributed by atoms with Crippen LogP contribution in [0.3, 0.4) is 0 Å². The van der Waals surface area contributed by atoms with Gasteiger partial charge in [-0.25, -0.2) is 0 Å². The maximum absolute atomic E-state index is 10.0. The number of hydrogen-bond acceptors (Lipinski definition) is 2. The Labute approximate surface area is 80.2 Å². The topological polar surface area (TPSA) is 23.5 Å². The molecule has 1 aliphatic carbocycles. The normalized spacial score (nSPS) is 44.6. The van der Waals surface area contributed by atoms with E-state index in [0.29, 0.717) is 17.9 Å². The molecule has 1 aliphatic heterocycles. The van der Waals surface area contributed by atoms with Gasteiger partial charge in [-0.1, -0.05) is 19.4 Å². The Bertz CT molecular complexity index is 186. The van der Waals surface area contributed by atoms with Gasteiger partial charge in [0.1, 0.15) is 6.23 Å². The van der Waals surface area contributed by atoms with Crippen LogP contribution in [0.1, 0.15) is 32.6 Å². The van der Waals surface area contributed by atoms with Crippen LogP contribution < -0.4 is 0 Å². The maximum Gasteiger partial charge on any atom is 0.129 e. The van der Waals surface area contributed by atoms with Crippen LogP contribution in [-0.4, -0.2) is 22.3 Å². The molecule has 0 bridgehead atoms. The van der Waals surface area contributed by atoms with Gasteiger partial charge in [0, 0.05) is 12.0 Å². The van der Waals surface area contributed by atoms with Crippen molar-refractivity contribution >= 4 is 0 Å². The van der Waals surface area contributed by atoms with Gasteiger partial charge in [-0.2, -0.15) is 0 Å². The van der Waals surface area contributed by atoms with Gasteiger partial charge in [-0.3, -0.25) is 0 Å². The van der Waals surface area contributed by atoms with Crippen LogP contribution in [-0.2, 0) is 0 Å². The van der Waals surface area contributed by atoms with Crippen molar-refractivity contribution in [2.45, 2.75) is 44.9 Å². The number of nitrogens with zero attached hydrogens (tertiary/aromatic N) is 1. The quantitative estimate of drug-likeness (QED) is 0.668. The summed E-state index contributed by atoms with van der Waals surface area (Å²) in [6.07, 6.45) is 6.64. The van der Waals surface area contributed by atoms with Crippen LogP contribution in [0.15, 0.2) is 12.8 Å². The average Bonchev–Trinajstić information content (AvgIpc) is 2.41. The summed E-state index contributed by atoms with van der Waals surface area (Å²) >= 11 is 0. The zero-order valence-corrected chi connectivity index (χ0v) is 8.32. The first-order valence-electron chi connectivity index (χ1n) is 5.33. The van der Waals surface area contributed by atoms with E-state index in [9.17, 15) is 5.11 Å². The number of aliphatic hydroxyl groups excluding tert-OH is 1. The van der Waals surface area contributed by atoms with E-state index in [1.807, 2.05) is 4.90 Å². The molecule has 0 aromatic carbocycles. The van der Waals surface area contributed by atoms with E-state index in [4.69, 9.17) is 0 Å². The average molecular weight is 181 g/mol. The second-order valence-electron chi connectivity index (χ2n) is 4.40. The summed E-state index contributed by atoms with van der Waals surface area (Å²) in [5, 5.41) is 10.0. The van der Waals surface area contributed by atoms with Gasteiger partial charge in [0.25, 0.3) is 0 Å². The highest BCUT2D eigenvalue weighted by Gasteiger charge is 2.44. The van der Waals surface area contributed by atoms with Crippen LogP contribution >= 0.6 is 0 Å². The zero-order valence-electron chi connectivity index (χ0n) is 8.32. The lowest BCUT2D eigenvalue weighted by Crippen LogP contribution is -2.31. The van der Waals surface area contributed by atoms with Crippen molar-refractivity contribution in [2.24, 2.45) is 11.8 Å². The summed E-state index contributed by atoms with van der Waals surface area (Å²) in [7, 11) is 0. The molecule has 0 amide bonds. The van der Waals surface area contributed by atoms with Crippen molar-refractivity contribution in [3.63, 3.8) is 0 Å². The van der Waals surface area contributed by atoms with Crippen molar-refractivity contribution in [3.05, 3.63) is 12.8 Å². The van der Waals surface area contributed by atoms with Gasteiger partial charge < -0.3 is 10.0 Å². The molecule has 1 heterocycles. The summed E-state index contributed by atoms with van der Waals surface area (Å²) in [6, 6.07) is 0.484. The van der Waals surface area contributed by atoms with Crippen LogP contribution in [0, 0.1) is 11.8 Å². The first-order chi connectivity index (χ1) is 6.25. The summed E-state index contributed by atoms with van der Waals surface area (Å²) in [5.74, 6) is 1.20. The van der Waals surface area contributed by atoms with E-state index >= 15 is 0 Å². The molecule has 2 nitrogen and oxygen atoms in total. The lowest BCUT2D eigenvalue weighted by Gasteiger charge is -2.26. The van der Waals surface area contributed by atoms with Gasteiger partial charge in [-0.15, -0.1) is 0 Å². The van der Waals surface area contributed by atoms with E-state index in [1.54, 1.807) is 6.20 Å². The minimum atomic E-state index is -0.266. The minimum absolute atomic E-state index is 0.266. The van der Waals surface area contributed by atoms with Gasteiger partial charge in [0.05, 0.1) is 0 Å². The molecular weight excluding hydrogens is 162 g/mol. The van der Waals surface area contributed by atoms with Crippen LogP contribution in [0.4, 0.5) is 0 Å². The van der Waals surface area contributed by atoms with E-state index < -0.39 is 0 Å². The Morgan fingerprint density at radius 1 is 1.31 bits per heavy atom. The third-order valence-electron chi connectivity index (χ3n) is 3.86. The second-order valence-corrected chi connectivity index (χ2v) is 4.40. The fraction of sp³-hybridized carbons (Fsp3) is 0.818. The molecule has 4 atom stereocenters. The third-order valence-corrected chi connectivity index (χ3v) is 3.86. The Kier molecular flexibility index (Phi) is 2.33. The van der Waals surface area contributed by atoms with Gasteiger partial charge in [0.15, 0.2) is 0 Å². The largest absolute Gasteiger partial charge is 0.373 e. The van der Waals surface area contributed by atoms with Gasteiger partial charge in [-0.05, 0) is 31.9 Å². The molecule has 1 N–H and O–H groups in total. The molecule has 0 aromatic heterocycles. The Morgan fingerprint density at radius 3 is 2.46 bits per heavy atom.